The zero-order valence-electron chi connectivity index (χ0n) is 16.2. The predicted molar refractivity (Wildman–Crippen MR) is 110 cm³/mol. The lowest BCUT2D eigenvalue weighted by Crippen LogP contribution is -2.40. The summed E-state index contributed by atoms with van der Waals surface area (Å²) in [5.74, 6) is 2.13. The average Bonchev–Trinajstić information content (AvgIpc) is 3.23. The number of aromatic nitrogens is 2. The van der Waals surface area contributed by atoms with Gasteiger partial charge in [0.1, 0.15) is 22.1 Å². The molecule has 6 heteroatoms. The van der Waals surface area contributed by atoms with Crippen LogP contribution in [-0.4, -0.2) is 27.9 Å². The van der Waals surface area contributed by atoms with Crippen molar-refractivity contribution in [3.63, 3.8) is 0 Å². The Kier molecular flexibility index (Phi) is 4.89. The molecule has 0 amide bonds. The molecule has 0 aliphatic carbocycles. The molecular weight excluding hydrogens is 372 g/mol. The molecule has 0 unspecified atom stereocenters. The Hall–Kier alpha value is -2.73. The molecule has 1 aromatic heterocycles. The second-order valence-corrected chi connectivity index (χ2v) is 7.68. The second-order valence-electron chi connectivity index (χ2n) is 6.93. The molecule has 0 bridgehead atoms. The molecule has 2 heterocycles. The van der Waals surface area contributed by atoms with Gasteiger partial charge in [0, 0.05) is 5.56 Å². The van der Waals surface area contributed by atoms with Crippen LogP contribution in [0.1, 0.15) is 43.5 Å². The van der Waals surface area contributed by atoms with Gasteiger partial charge in [-0.1, -0.05) is 26.0 Å². The molecular formula is C22H22N2O3S. The lowest BCUT2D eigenvalue weighted by atomic mass is 9.85. The topological polar surface area (TPSA) is 61.3 Å². The van der Waals surface area contributed by atoms with E-state index < -0.39 is 0 Å². The maximum absolute atomic E-state index is 12.8. The van der Waals surface area contributed by atoms with Crippen molar-refractivity contribution < 1.29 is 14.3 Å². The Labute approximate surface area is 168 Å². The maximum Gasteiger partial charge on any atom is 0.173 e. The molecule has 0 spiro atoms. The number of hydrogen-bond donors (Lipinski definition) is 0. The monoisotopic (exact) mass is 394 g/mol. The number of hydrogen-bond acceptors (Lipinski definition) is 6. The van der Waals surface area contributed by atoms with Crippen LogP contribution < -0.4 is 9.47 Å². The lowest BCUT2D eigenvalue weighted by Gasteiger charge is -2.36. The summed E-state index contributed by atoms with van der Waals surface area (Å²) < 4.78 is 16.1. The standard InChI is InChI=1S/C22H22N2O3S/c1-4-22(5-2)13-17(25)16-12-14(10-11-19(16)27-22)20-23-21(28-24-20)15-8-6-7-9-18(15)26-3/h6-12H,4-5,13H2,1-3H3. The van der Waals surface area contributed by atoms with Crippen LogP contribution in [0.25, 0.3) is 22.0 Å². The Morgan fingerprint density at radius 3 is 2.68 bits per heavy atom. The zero-order chi connectivity index (χ0) is 19.7. The van der Waals surface area contributed by atoms with Gasteiger partial charge in [0.15, 0.2) is 11.6 Å². The number of ether oxygens (including phenoxy) is 2. The summed E-state index contributed by atoms with van der Waals surface area (Å²) in [7, 11) is 1.64. The van der Waals surface area contributed by atoms with Crippen molar-refractivity contribution in [3.8, 4) is 33.5 Å². The first-order valence-corrected chi connectivity index (χ1v) is 10.2. The van der Waals surface area contributed by atoms with E-state index in [-0.39, 0.29) is 11.4 Å². The van der Waals surface area contributed by atoms with Crippen LogP contribution in [0.4, 0.5) is 0 Å². The summed E-state index contributed by atoms with van der Waals surface area (Å²) in [6, 6.07) is 13.4. The summed E-state index contributed by atoms with van der Waals surface area (Å²) in [6.45, 7) is 4.13. The van der Waals surface area contributed by atoms with E-state index >= 15 is 0 Å². The first-order chi connectivity index (χ1) is 13.6. The molecule has 2 aromatic carbocycles. The highest BCUT2D eigenvalue weighted by Crippen LogP contribution is 2.39. The van der Waals surface area contributed by atoms with Gasteiger partial charge in [-0.3, -0.25) is 4.79 Å². The van der Waals surface area contributed by atoms with E-state index in [9.17, 15) is 4.79 Å². The molecule has 5 nitrogen and oxygen atoms in total. The summed E-state index contributed by atoms with van der Waals surface area (Å²) in [5.41, 5.74) is 1.95. The van der Waals surface area contributed by atoms with Crippen molar-refractivity contribution in [1.82, 2.24) is 9.36 Å². The third kappa shape index (κ3) is 3.18. The fraction of sp³-hybridized carbons (Fsp3) is 0.318. The largest absolute Gasteiger partial charge is 0.496 e. The van der Waals surface area contributed by atoms with Crippen LogP contribution in [0.15, 0.2) is 42.5 Å². The summed E-state index contributed by atoms with van der Waals surface area (Å²) in [6.07, 6.45) is 2.03. The van der Waals surface area contributed by atoms with Crippen molar-refractivity contribution in [2.24, 2.45) is 0 Å². The van der Waals surface area contributed by atoms with Crippen molar-refractivity contribution in [1.29, 1.82) is 0 Å². The molecule has 0 N–H and O–H groups in total. The molecule has 1 aliphatic rings. The van der Waals surface area contributed by atoms with Crippen LogP contribution in [0, 0.1) is 0 Å². The van der Waals surface area contributed by atoms with Crippen LogP contribution in [0.5, 0.6) is 11.5 Å². The van der Waals surface area contributed by atoms with Gasteiger partial charge in [-0.25, -0.2) is 4.98 Å². The van der Waals surface area contributed by atoms with Crippen molar-refractivity contribution in [2.75, 3.05) is 7.11 Å². The van der Waals surface area contributed by atoms with E-state index in [1.807, 2.05) is 42.5 Å². The Morgan fingerprint density at radius 2 is 1.93 bits per heavy atom. The highest BCUT2D eigenvalue weighted by atomic mass is 32.1. The van der Waals surface area contributed by atoms with Crippen molar-refractivity contribution in [2.45, 2.75) is 38.7 Å². The zero-order valence-corrected chi connectivity index (χ0v) is 17.0. The van der Waals surface area contributed by atoms with Crippen LogP contribution >= 0.6 is 11.5 Å². The molecule has 0 atom stereocenters. The highest BCUT2D eigenvalue weighted by molar-refractivity contribution is 7.09. The average molecular weight is 394 g/mol. The van der Waals surface area contributed by atoms with Gasteiger partial charge in [-0.2, -0.15) is 4.37 Å². The smallest absolute Gasteiger partial charge is 0.173 e. The molecule has 1 aliphatic heterocycles. The molecule has 144 valence electrons. The fourth-order valence-corrected chi connectivity index (χ4v) is 4.26. The maximum atomic E-state index is 12.8. The number of rotatable bonds is 5. The Bertz CT molecular complexity index is 1020. The van der Waals surface area contributed by atoms with Crippen molar-refractivity contribution in [3.05, 3.63) is 48.0 Å². The third-order valence-corrected chi connectivity index (χ3v) is 6.15. The Morgan fingerprint density at radius 1 is 1.14 bits per heavy atom. The minimum Gasteiger partial charge on any atom is -0.496 e. The fourth-order valence-electron chi connectivity index (χ4n) is 3.55. The van der Waals surface area contributed by atoms with E-state index in [0.29, 0.717) is 23.6 Å². The van der Waals surface area contributed by atoms with E-state index in [4.69, 9.17) is 9.47 Å². The number of ketones is 1. The number of nitrogens with zero attached hydrogens (tertiary/aromatic N) is 2. The highest BCUT2D eigenvalue weighted by Gasteiger charge is 2.37. The SMILES string of the molecule is CCC1(CC)CC(=O)c2cc(-c3nsc(-c4ccccc4OC)n3)ccc2O1. The van der Waals surface area contributed by atoms with E-state index in [2.05, 4.69) is 23.2 Å². The molecule has 0 radical (unpaired) electrons. The van der Waals surface area contributed by atoms with E-state index in [1.165, 1.54) is 11.5 Å². The Balaban J connectivity index is 1.68. The predicted octanol–water partition coefficient (Wildman–Crippen LogP) is 5.40. The van der Waals surface area contributed by atoms with Gasteiger partial charge in [0.2, 0.25) is 0 Å². The minimum absolute atomic E-state index is 0.118. The molecule has 4 rings (SSSR count). The summed E-state index contributed by atoms with van der Waals surface area (Å²) in [4.78, 5) is 17.4. The number of methoxy groups -OCH3 is 1. The summed E-state index contributed by atoms with van der Waals surface area (Å²) >= 11 is 1.31. The van der Waals surface area contributed by atoms with Gasteiger partial charge in [-0.15, -0.1) is 0 Å². The van der Waals surface area contributed by atoms with Crippen LogP contribution in [0.3, 0.4) is 0 Å². The van der Waals surface area contributed by atoms with Gasteiger partial charge in [0.25, 0.3) is 0 Å². The first kappa shape index (κ1) is 18.6. The molecule has 28 heavy (non-hydrogen) atoms. The van der Waals surface area contributed by atoms with Gasteiger partial charge < -0.3 is 9.47 Å². The van der Waals surface area contributed by atoms with Crippen molar-refractivity contribution >= 4 is 17.3 Å². The van der Waals surface area contributed by atoms with Gasteiger partial charge in [-0.05, 0) is 54.7 Å². The van der Waals surface area contributed by atoms with Gasteiger partial charge in [0.05, 0.1) is 24.7 Å². The third-order valence-electron chi connectivity index (χ3n) is 5.40. The second kappa shape index (κ2) is 7.36. The molecule has 3 aromatic rings. The number of Topliss-reactive ketones (excluding diaryl/α,β-unsaturated/α-hetero) is 1. The number of fused-ring (bicyclic) bond motifs is 1. The van der Waals surface area contributed by atoms with Gasteiger partial charge >= 0.3 is 0 Å². The molecule has 0 saturated carbocycles. The van der Waals surface area contributed by atoms with Crippen LogP contribution in [-0.2, 0) is 0 Å². The van der Waals surface area contributed by atoms with E-state index in [1.54, 1.807) is 7.11 Å². The quantitative estimate of drug-likeness (QED) is 0.579. The number of carbonyl (C=O) groups excluding carboxylic acids is 1. The van der Waals surface area contributed by atoms with Crippen LogP contribution in [0.2, 0.25) is 0 Å². The molecule has 0 saturated heterocycles. The number of carbonyl (C=O) groups is 1. The molecule has 0 fully saturated rings. The minimum atomic E-state index is -0.387. The van der Waals surface area contributed by atoms with E-state index in [0.717, 1.165) is 34.7 Å². The number of benzene rings is 2. The number of para-hydroxylation sites is 1. The first-order valence-electron chi connectivity index (χ1n) is 9.43. The normalized spacial score (nSPS) is 15.0. The summed E-state index contributed by atoms with van der Waals surface area (Å²) in [5, 5.41) is 0.781. The lowest BCUT2D eigenvalue weighted by molar-refractivity contribution is 0.0350.